The van der Waals surface area contributed by atoms with Gasteiger partial charge in [-0.1, -0.05) is 0 Å². The van der Waals surface area contributed by atoms with Crippen molar-refractivity contribution in [1.82, 2.24) is 10.2 Å². The molecule has 1 atom stereocenters. The molecule has 1 aromatic carbocycles. The van der Waals surface area contributed by atoms with Crippen molar-refractivity contribution in [2.24, 2.45) is 0 Å². The van der Waals surface area contributed by atoms with E-state index in [-0.39, 0.29) is 11.9 Å². The second-order valence-corrected chi connectivity index (χ2v) is 5.07. The number of hydrogen-bond acceptors (Lipinski definition) is 5. The molecule has 0 aromatic heterocycles. The number of likely N-dealkylation sites (N-methyl/N-ethyl adjacent to an activating group) is 1. The van der Waals surface area contributed by atoms with Gasteiger partial charge in [-0.15, -0.1) is 0 Å². The first-order valence-electron chi connectivity index (χ1n) is 7.17. The summed E-state index contributed by atoms with van der Waals surface area (Å²) in [4.78, 5) is 14.2. The average Bonchev–Trinajstić information content (AvgIpc) is 2.47. The standard InChI is InChI=1S/C15H23N3O3/c1-3-17-15(19)14-10-21-5-4-18(14)9-11-6-12(16)8-13(7-11)20-2/h6-8,14H,3-5,9-10,16H2,1-2H3,(H,17,19). The molecule has 0 bridgehead atoms. The fourth-order valence-electron chi connectivity index (χ4n) is 2.49. The van der Waals surface area contributed by atoms with Crippen LogP contribution in [0.5, 0.6) is 5.75 Å². The Bertz CT molecular complexity index is 493. The molecule has 1 aliphatic heterocycles. The van der Waals surface area contributed by atoms with Crippen LogP contribution in [0.2, 0.25) is 0 Å². The summed E-state index contributed by atoms with van der Waals surface area (Å²) < 4.78 is 10.7. The van der Waals surface area contributed by atoms with E-state index in [9.17, 15) is 4.79 Å². The lowest BCUT2D eigenvalue weighted by Crippen LogP contribution is -2.53. The number of nitrogens with one attached hydrogen (secondary N) is 1. The molecule has 6 heteroatoms. The molecule has 1 unspecified atom stereocenters. The van der Waals surface area contributed by atoms with Crippen molar-refractivity contribution in [3.05, 3.63) is 23.8 Å². The van der Waals surface area contributed by atoms with Crippen LogP contribution >= 0.6 is 0 Å². The number of carbonyl (C=O) groups excluding carboxylic acids is 1. The van der Waals surface area contributed by atoms with Crippen LogP contribution in [0.1, 0.15) is 12.5 Å². The van der Waals surface area contributed by atoms with Crippen molar-refractivity contribution in [1.29, 1.82) is 0 Å². The molecular formula is C15H23N3O3. The number of anilines is 1. The van der Waals surface area contributed by atoms with Gasteiger partial charge in [0.1, 0.15) is 11.8 Å². The van der Waals surface area contributed by atoms with Crippen LogP contribution < -0.4 is 15.8 Å². The summed E-state index contributed by atoms with van der Waals surface area (Å²) in [5, 5.41) is 2.85. The quantitative estimate of drug-likeness (QED) is 0.778. The van der Waals surface area contributed by atoms with Crippen LogP contribution in [0.3, 0.4) is 0 Å². The number of benzene rings is 1. The third kappa shape index (κ3) is 4.09. The molecule has 21 heavy (non-hydrogen) atoms. The average molecular weight is 293 g/mol. The molecule has 1 heterocycles. The number of carbonyl (C=O) groups is 1. The van der Waals surface area contributed by atoms with Gasteiger partial charge in [0.25, 0.3) is 0 Å². The Hall–Kier alpha value is -1.79. The summed E-state index contributed by atoms with van der Waals surface area (Å²) in [6, 6.07) is 5.38. The van der Waals surface area contributed by atoms with Gasteiger partial charge in [-0.05, 0) is 24.6 Å². The lowest BCUT2D eigenvalue weighted by molar-refractivity contribution is -0.132. The predicted octanol–water partition coefficient (Wildman–Crippen LogP) is 0.614. The number of rotatable bonds is 5. The Morgan fingerprint density at radius 1 is 1.52 bits per heavy atom. The van der Waals surface area contributed by atoms with E-state index in [1.807, 2.05) is 19.1 Å². The first-order valence-corrected chi connectivity index (χ1v) is 7.17. The number of nitrogen functional groups attached to an aromatic ring is 1. The maximum absolute atomic E-state index is 12.1. The van der Waals surface area contributed by atoms with E-state index in [2.05, 4.69) is 10.2 Å². The minimum absolute atomic E-state index is 0.00747. The molecule has 116 valence electrons. The summed E-state index contributed by atoms with van der Waals surface area (Å²) in [5.41, 5.74) is 7.57. The summed E-state index contributed by atoms with van der Waals surface area (Å²) in [6.45, 7) is 4.95. The Labute approximate surface area is 125 Å². The van der Waals surface area contributed by atoms with Gasteiger partial charge in [-0.2, -0.15) is 0 Å². The van der Waals surface area contributed by atoms with E-state index in [4.69, 9.17) is 15.2 Å². The SMILES string of the molecule is CCNC(=O)C1COCCN1Cc1cc(N)cc(OC)c1. The zero-order valence-corrected chi connectivity index (χ0v) is 12.6. The fourth-order valence-corrected chi connectivity index (χ4v) is 2.49. The Balaban J connectivity index is 2.11. The number of morpholine rings is 1. The van der Waals surface area contributed by atoms with Gasteiger partial charge >= 0.3 is 0 Å². The van der Waals surface area contributed by atoms with Gasteiger partial charge in [-0.3, -0.25) is 9.69 Å². The van der Waals surface area contributed by atoms with Gasteiger partial charge in [0.05, 0.1) is 20.3 Å². The van der Waals surface area contributed by atoms with Gasteiger partial charge in [0.15, 0.2) is 0 Å². The minimum Gasteiger partial charge on any atom is -0.497 e. The maximum Gasteiger partial charge on any atom is 0.239 e. The van der Waals surface area contributed by atoms with Crippen molar-refractivity contribution < 1.29 is 14.3 Å². The third-order valence-electron chi connectivity index (χ3n) is 3.50. The van der Waals surface area contributed by atoms with Crippen molar-refractivity contribution in [3.63, 3.8) is 0 Å². The van der Waals surface area contributed by atoms with Crippen molar-refractivity contribution in [2.45, 2.75) is 19.5 Å². The van der Waals surface area contributed by atoms with Gasteiger partial charge in [0, 0.05) is 31.4 Å². The van der Waals surface area contributed by atoms with E-state index >= 15 is 0 Å². The highest BCUT2D eigenvalue weighted by Crippen LogP contribution is 2.21. The largest absolute Gasteiger partial charge is 0.497 e. The lowest BCUT2D eigenvalue weighted by atomic mass is 10.1. The number of methoxy groups -OCH3 is 1. The Morgan fingerprint density at radius 3 is 3.05 bits per heavy atom. The monoisotopic (exact) mass is 293 g/mol. The fraction of sp³-hybridized carbons (Fsp3) is 0.533. The lowest BCUT2D eigenvalue weighted by Gasteiger charge is -2.34. The molecule has 0 spiro atoms. The zero-order chi connectivity index (χ0) is 15.2. The highest BCUT2D eigenvalue weighted by molar-refractivity contribution is 5.81. The van der Waals surface area contributed by atoms with Crippen LogP contribution in [-0.2, 0) is 16.1 Å². The number of nitrogens with zero attached hydrogens (tertiary/aromatic N) is 1. The van der Waals surface area contributed by atoms with Crippen molar-refractivity contribution in [2.75, 3.05) is 39.1 Å². The minimum atomic E-state index is -0.258. The normalized spacial score (nSPS) is 19.2. The van der Waals surface area contributed by atoms with E-state index in [0.29, 0.717) is 32.0 Å². The molecule has 1 aromatic rings. The first-order chi connectivity index (χ1) is 10.1. The van der Waals surface area contributed by atoms with Crippen molar-refractivity contribution in [3.8, 4) is 5.75 Å². The second kappa shape index (κ2) is 7.28. The highest BCUT2D eigenvalue weighted by Gasteiger charge is 2.29. The van der Waals surface area contributed by atoms with Gasteiger partial charge in [-0.25, -0.2) is 0 Å². The highest BCUT2D eigenvalue weighted by atomic mass is 16.5. The van der Waals surface area contributed by atoms with E-state index in [1.54, 1.807) is 13.2 Å². The molecule has 3 N–H and O–H groups in total. The van der Waals surface area contributed by atoms with E-state index in [1.165, 1.54) is 0 Å². The second-order valence-electron chi connectivity index (χ2n) is 5.07. The topological polar surface area (TPSA) is 76.8 Å². The Kier molecular flexibility index (Phi) is 5.41. The van der Waals surface area contributed by atoms with Crippen LogP contribution in [-0.4, -0.2) is 50.3 Å². The van der Waals surface area contributed by atoms with Crippen LogP contribution in [0.4, 0.5) is 5.69 Å². The van der Waals surface area contributed by atoms with E-state index in [0.717, 1.165) is 17.9 Å². The first kappa shape index (κ1) is 15.6. The van der Waals surface area contributed by atoms with Crippen LogP contribution in [0.15, 0.2) is 18.2 Å². The molecule has 0 radical (unpaired) electrons. The molecule has 1 aliphatic rings. The smallest absolute Gasteiger partial charge is 0.239 e. The molecule has 1 amide bonds. The molecule has 6 nitrogen and oxygen atoms in total. The van der Waals surface area contributed by atoms with Crippen molar-refractivity contribution >= 4 is 11.6 Å². The molecule has 2 rings (SSSR count). The number of hydrogen-bond donors (Lipinski definition) is 2. The molecule has 0 aliphatic carbocycles. The maximum atomic E-state index is 12.1. The number of ether oxygens (including phenoxy) is 2. The molecule has 1 fully saturated rings. The van der Waals surface area contributed by atoms with Crippen LogP contribution in [0.25, 0.3) is 0 Å². The van der Waals surface area contributed by atoms with Crippen LogP contribution in [0, 0.1) is 0 Å². The number of amides is 1. The summed E-state index contributed by atoms with van der Waals surface area (Å²) in [6.07, 6.45) is 0. The molecular weight excluding hydrogens is 270 g/mol. The van der Waals surface area contributed by atoms with E-state index < -0.39 is 0 Å². The Morgan fingerprint density at radius 2 is 2.33 bits per heavy atom. The molecule has 1 saturated heterocycles. The predicted molar refractivity (Wildman–Crippen MR) is 81.1 cm³/mol. The summed E-state index contributed by atoms with van der Waals surface area (Å²) in [5.74, 6) is 0.737. The molecule has 0 saturated carbocycles. The summed E-state index contributed by atoms with van der Waals surface area (Å²) in [7, 11) is 1.62. The van der Waals surface area contributed by atoms with Gasteiger partial charge < -0.3 is 20.5 Å². The van der Waals surface area contributed by atoms with Gasteiger partial charge in [0.2, 0.25) is 5.91 Å². The summed E-state index contributed by atoms with van der Waals surface area (Å²) >= 11 is 0. The zero-order valence-electron chi connectivity index (χ0n) is 12.6. The third-order valence-corrected chi connectivity index (χ3v) is 3.50. The number of nitrogens with two attached hydrogens (primary N) is 1.